The number of hydrogen-bond donors (Lipinski definition) is 1. The van der Waals surface area contributed by atoms with E-state index in [4.69, 9.17) is 9.47 Å². The average Bonchev–Trinajstić information content (AvgIpc) is 3.09. The summed E-state index contributed by atoms with van der Waals surface area (Å²) in [5.74, 6) is -1.42. The molecular formula is C26H22FNO5. The van der Waals surface area contributed by atoms with Crippen molar-refractivity contribution in [2.45, 2.75) is 13.0 Å². The van der Waals surface area contributed by atoms with Crippen LogP contribution in [-0.2, 0) is 9.59 Å². The van der Waals surface area contributed by atoms with Gasteiger partial charge in [0, 0.05) is 16.8 Å². The Kier molecular flexibility index (Phi) is 5.87. The number of hydrogen-bond acceptors (Lipinski definition) is 5. The lowest BCUT2D eigenvalue weighted by atomic mass is 9.93. The number of nitrogens with zero attached hydrogens (tertiary/aromatic N) is 1. The van der Waals surface area contributed by atoms with Crippen LogP contribution in [-0.4, -0.2) is 31.0 Å². The maximum atomic E-state index is 13.6. The molecule has 1 amide bonds. The van der Waals surface area contributed by atoms with Crippen molar-refractivity contribution in [2.24, 2.45) is 0 Å². The first-order valence-electron chi connectivity index (χ1n) is 10.2. The molecule has 0 saturated carbocycles. The molecule has 1 N–H and O–H groups in total. The van der Waals surface area contributed by atoms with E-state index in [2.05, 4.69) is 0 Å². The molecule has 1 fully saturated rings. The number of para-hydroxylation sites is 1. The molecule has 7 heteroatoms. The maximum Gasteiger partial charge on any atom is 0.300 e. The molecule has 168 valence electrons. The number of aliphatic hydroxyl groups excluding tert-OH is 1. The van der Waals surface area contributed by atoms with Crippen LogP contribution in [0.3, 0.4) is 0 Å². The van der Waals surface area contributed by atoms with Crippen molar-refractivity contribution in [1.82, 2.24) is 0 Å². The van der Waals surface area contributed by atoms with Crippen molar-refractivity contribution in [2.75, 3.05) is 19.1 Å². The lowest BCUT2D eigenvalue weighted by Gasteiger charge is -2.26. The van der Waals surface area contributed by atoms with E-state index >= 15 is 0 Å². The van der Waals surface area contributed by atoms with Crippen LogP contribution in [0.5, 0.6) is 11.5 Å². The van der Waals surface area contributed by atoms with Gasteiger partial charge in [-0.1, -0.05) is 18.2 Å². The van der Waals surface area contributed by atoms with Crippen LogP contribution in [0.15, 0.2) is 72.3 Å². The zero-order valence-electron chi connectivity index (χ0n) is 18.3. The summed E-state index contributed by atoms with van der Waals surface area (Å²) in [6.45, 7) is 1.77. The van der Waals surface area contributed by atoms with Gasteiger partial charge < -0.3 is 14.6 Å². The first-order chi connectivity index (χ1) is 15.9. The zero-order valence-corrected chi connectivity index (χ0v) is 18.3. The van der Waals surface area contributed by atoms with Crippen LogP contribution in [0.4, 0.5) is 10.1 Å². The Balaban J connectivity index is 1.98. The van der Waals surface area contributed by atoms with Crippen LogP contribution in [0.1, 0.15) is 22.7 Å². The molecule has 0 aliphatic carbocycles. The molecule has 1 aliphatic rings. The number of Topliss-reactive ketones (excluding diaryl/α,β-unsaturated/α-hetero) is 1. The number of amides is 1. The Labute approximate surface area is 190 Å². The highest BCUT2D eigenvalue weighted by atomic mass is 19.1. The van der Waals surface area contributed by atoms with Gasteiger partial charge in [-0.3, -0.25) is 14.5 Å². The third-order valence-electron chi connectivity index (χ3n) is 5.67. The van der Waals surface area contributed by atoms with E-state index in [-0.39, 0.29) is 11.3 Å². The number of benzene rings is 3. The highest BCUT2D eigenvalue weighted by Gasteiger charge is 2.48. The maximum absolute atomic E-state index is 13.6. The predicted molar refractivity (Wildman–Crippen MR) is 122 cm³/mol. The Morgan fingerprint density at radius 2 is 1.67 bits per heavy atom. The molecular weight excluding hydrogens is 425 g/mol. The van der Waals surface area contributed by atoms with Crippen molar-refractivity contribution >= 4 is 23.1 Å². The third-order valence-corrected chi connectivity index (χ3v) is 5.67. The van der Waals surface area contributed by atoms with E-state index in [1.165, 1.54) is 43.4 Å². The van der Waals surface area contributed by atoms with Gasteiger partial charge in [-0.05, 0) is 61.0 Å². The molecule has 6 nitrogen and oxygen atoms in total. The molecule has 33 heavy (non-hydrogen) atoms. The monoisotopic (exact) mass is 447 g/mol. The van der Waals surface area contributed by atoms with Gasteiger partial charge in [-0.25, -0.2) is 4.39 Å². The number of ether oxygens (including phenoxy) is 2. The fraction of sp³-hybridized carbons (Fsp3) is 0.154. The molecule has 0 bridgehead atoms. The molecule has 1 unspecified atom stereocenters. The van der Waals surface area contributed by atoms with Crippen LogP contribution in [0, 0.1) is 12.7 Å². The highest BCUT2D eigenvalue weighted by Crippen LogP contribution is 2.45. The van der Waals surface area contributed by atoms with E-state index in [9.17, 15) is 19.1 Å². The Bertz CT molecular complexity index is 1270. The lowest BCUT2D eigenvalue weighted by molar-refractivity contribution is -0.132. The molecule has 0 aromatic heterocycles. The van der Waals surface area contributed by atoms with Crippen molar-refractivity contribution in [3.63, 3.8) is 0 Å². The second kappa shape index (κ2) is 8.78. The van der Waals surface area contributed by atoms with Crippen LogP contribution < -0.4 is 14.4 Å². The predicted octanol–water partition coefficient (Wildman–Crippen LogP) is 4.78. The summed E-state index contributed by atoms with van der Waals surface area (Å²) in [6, 6.07) is 16.2. The second-order valence-electron chi connectivity index (χ2n) is 7.57. The van der Waals surface area contributed by atoms with E-state index in [0.717, 1.165) is 0 Å². The quantitative estimate of drug-likeness (QED) is 0.346. The zero-order chi connectivity index (χ0) is 23.7. The summed E-state index contributed by atoms with van der Waals surface area (Å²) in [5.41, 5.74) is 1.81. The first kappa shape index (κ1) is 22.1. The summed E-state index contributed by atoms with van der Waals surface area (Å²) >= 11 is 0. The second-order valence-corrected chi connectivity index (χ2v) is 7.57. The fourth-order valence-corrected chi connectivity index (χ4v) is 4.06. The van der Waals surface area contributed by atoms with Crippen molar-refractivity contribution in [3.05, 3.63) is 94.8 Å². The molecule has 0 spiro atoms. The summed E-state index contributed by atoms with van der Waals surface area (Å²) in [6.07, 6.45) is 0. The molecule has 1 atom stereocenters. The molecule has 4 rings (SSSR count). The number of carbonyl (C=O) groups excluding carboxylic acids is 2. The fourth-order valence-electron chi connectivity index (χ4n) is 4.06. The van der Waals surface area contributed by atoms with E-state index < -0.39 is 23.5 Å². The number of halogens is 1. The smallest absolute Gasteiger partial charge is 0.300 e. The van der Waals surface area contributed by atoms with Gasteiger partial charge in [0.1, 0.15) is 23.1 Å². The van der Waals surface area contributed by atoms with Crippen LogP contribution in [0.25, 0.3) is 5.76 Å². The molecule has 1 aliphatic heterocycles. The van der Waals surface area contributed by atoms with Gasteiger partial charge >= 0.3 is 0 Å². The van der Waals surface area contributed by atoms with E-state index in [0.29, 0.717) is 33.9 Å². The summed E-state index contributed by atoms with van der Waals surface area (Å²) in [4.78, 5) is 27.7. The number of aryl methyl sites for hydroxylation is 1. The summed E-state index contributed by atoms with van der Waals surface area (Å²) < 4.78 is 24.3. The molecule has 3 aromatic rings. The van der Waals surface area contributed by atoms with Crippen LogP contribution >= 0.6 is 0 Å². The Morgan fingerprint density at radius 3 is 2.30 bits per heavy atom. The third kappa shape index (κ3) is 3.82. The molecule has 1 saturated heterocycles. The molecule has 3 aromatic carbocycles. The standard InChI is InChI=1S/C26H22FNO5/c1-15-14-18(32-2)12-13-19(15)24(29)22-23(20-6-4-5-7-21(20)33-3)28(26(31)25(22)30)17-10-8-16(27)9-11-17/h4-14,23,29H,1-3H3/b24-22+. The lowest BCUT2D eigenvalue weighted by Crippen LogP contribution is -2.29. The largest absolute Gasteiger partial charge is 0.507 e. The SMILES string of the molecule is COc1ccc(/C(O)=C2\C(=O)C(=O)N(c3ccc(F)cc3)C2c2ccccc2OC)c(C)c1. The van der Waals surface area contributed by atoms with Crippen molar-refractivity contribution in [3.8, 4) is 11.5 Å². The minimum atomic E-state index is -0.979. The van der Waals surface area contributed by atoms with Crippen molar-refractivity contribution < 1.29 is 28.6 Å². The molecule has 0 radical (unpaired) electrons. The highest BCUT2D eigenvalue weighted by molar-refractivity contribution is 6.51. The van der Waals surface area contributed by atoms with Crippen LogP contribution in [0.2, 0.25) is 0 Å². The molecule has 1 heterocycles. The summed E-state index contributed by atoms with van der Waals surface area (Å²) in [7, 11) is 3.01. The van der Waals surface area contributed by atoms with E-state index in [1.807, 2.05) is 0 Å². The number of rotatable bonds is 5. The summed E-state index contributed by atoms with van der Waals surface area (Å²) in [5, 5.41) is 11.3. The van der Waals surface area contributed by atoms with Gasteiger partial charge in [-0.15, -0.1) is 0 Å². The van der Waals surface area contributed by atoms with Gasteiger partial charge in [0.25, 0.3) is 11.7 Å². The number of carbonyl (C=O) groups is 2. The topological polar surface area (TPSA) is 76.1 Å². The average molecular weight is 447 g/mol. The van der Waals surface area contributed by atoms with Gasteiger partial charge in [-0.2, -0.15) is 0 Å². The minimum absolute atomic E-state index is 0.0814. The number of aliphatic hydroxyl groups is 1. The minimum Gasteiger partial charge on any atom is -0.507 e. The van der Waals surface area contributed by atoms with Gasteiger partial charge in [0.15, 0.2) is 0 Å². The van der Waals surface area contributed by atoms with Gasteiger partial charge in [0.2, 0.25) is 0 Å². The number of anilines is 1. The van der Waals surface area contributed by atoms with Gasteiger partial charge in [0.05, 0.1) is 25.8 Å². The number of methoxy groups -OCH3 is 2. The van der Waals surface area contributed by atoms with E-state index in [1.54, 1.807) is 49.4 Å². The normalized spacial score (nSPS) is 17.3. The Morgan fingerprint density at radius 1 is 0.970 bits per heavy atom. The van der Waals surface area contributed by atoms with Crippen molar-refractivity contribution in [1.29, 1.82) is 0 Å². The first-order valence-corrected chi connectivity index (χ1v) is 10.2. The number of ketones is 1. The Hall–Kier alpha value is -4.13.